The summed E-state index contributed by atoms with van der Waals surface area (Å²) in [5.41, 5.74) is 4.80. The van der Waals surface area contributed by atoms with Crippen LogP contribution in [0.25, 0.3) is 11.4 Å². The molecule has 1 aliphatic heterocycles. The Morgan fingerprint density at radius 1 is 1.15 bits per heavy atom. The number of nitrogens with zero attached hydrogens (tertiary/aromatic N) is 5. The predicted octanol–water partition coefficient (Wildman–Crippen LogP) is 4.58. The van der Waals surface area contributed by atoms with Gasteiger partial charge in [-0.25, -0.2) is 14.4 Å². The van der Waals surface area contributed by atoms with Crippen molar-refractivity contribution in [3.05, 3.63) is 102 Å². The molecule has 4 heterocycles. The summed E-state index contributed by atoms with van der Waals surface area (Å²) in [6.07, 6.45) is 7.45. The third-order valence-electron chi connectivity index (χ3n) is 6.04. The number of imidazole rings is 1. The Bertz CT molecular complexity index is 1300. The van der Waals surface area contributed by atoms with E-state index >= 15 is 0 Å². The zero-order valence-electron chi connectivity index (χ0n) is 18.4. The van der Waals surface area contributed by atoms with Gasteiger partial charge >= 0.3 is 0 Å². The molecule has 1 amide bonds. The van der Waals surface area contributed by atoms with E-state index in [2.05, 4.69) is 9.97 Å². The molecule has 0 unspecified atom stereocenters. The first-order valence-corrected chi connectivity index (χ1v) is 11.0. The van der Waals surface area contributed by atoms with Crippen LogP contribution in [0, 0.1) is 5.82 Å². The summed E-state index contributed by atoms with van der Waals surface area (Å²) in [7, 11) is 1.94. The van der Waals surface area contributed by atoms with Crippen LogP contribution in [0.15, 0.2) is 73.3 Å². The average Bonchev–Trinajstić information content (AvgIpc) is 3.48. The molecule has 7 heteroatoms. The molecule has 0 spiro atoms. The number of carbonyl (C=O) groups is 1. The number of hydrogen-bond donors (Lipinski definition) is 0. The second-order valence-corrected chi connectivity index (χ2v) is 8.34. The number of hydrogen-bond acceptors (Lipinski definition) is 4. The molecule has 0 N–H and O–H groups in total. The van der Waals surface area contributed by atoms with Crippen LogP contribution < -0.4 is 0 Å². The Labute approximate surface area is 191 Å². The van der Waals surface area contributed by atoms with Crippen molar-refractivity contribution in [3.63, 3.8) is 0 Å². The smallest absolute Gasteiger partial charge is 0.254 e. The van der Waals surface area contributed by atoms with Crippen LogP contribution in [-0.2, 0) is 13.5 Å². The van der Waals surface area contributed by atoms with Gasteiger partial charge in [-0.2, -0.15) is 0 Å². The maximum Gasteiger partial charge on any atom is 0.254 e. The molecule has 6 nitrogen and oxygen atoms in total. The number of carbonyl (C=O) groups excluding carboxylic acids is 1. The van der Waals surface area contributed by atoms with E-state index in [0.717, 1.165) is 41.2 Å². The number of amides is 1. The summed E-state index contributed by atoms with van der Waals surface area (Å²) in [6.45, 7) is 0.683. The molecule has 0 bridgehead atoms. The van der Waals surface area contributed by atoms with Crippen LogP contribution in [0.2, 0.25) is 0 Å². The molecular weight excluding hydrogens is 417 g/mol. The molecule has 0 saturated carbocycles. The lowest BCUT2D eigenvalue weighted by Gasteiger charge is -2.25. The number of likely N-dealkylation sites (tertiary alicyclic amines) is 1. The number of benzene rings is 1. The van der Waals surface area contributed by atoms with Gasteiger partial charge in [-0.15, -0.1) is 0 Å². The highest BCUT2D eigenvalue weighted by atomic mass is 19.1. The van der Waals surface area contributed by atoms with Crippen molar-refractivity contribution >= 4 is 5.91 Å². The molecule has 3 aromatic heterocycles. The fourth-order valence-corrected chi connectivity index (χ4v) is 4.43. The first-order valence-electron chi connectivity index (χ1n) is 11.0. The van der Waals surface area contributed by atoms with Crippen LogP contribution in [-0.4, -0.2) is 36.9 Å². The Kier molecular flexibility index (Phi) is 5.69. The lowest BCUT2D eigenvalue weighted by atomic mass is 10.1. The highest BCUT2D eigenvalue weighted by Gasteiger charge is 2.32. The van der Waals surface area contributed by atoms with Gasteiger partial charge in [0.05, 0.1) is 35.6 Å². The molecule has 166 valence electrons. The maximum atomic E-state index is 13.5. The van der Waals surface area contributed by atoms with Crippen LogP contribution in [0.5, 0.6) is 0 Å². The van der Waals surface area contributed by atoms with Crippen LogP contribution in [0.4, 0.5) is 4.39 Å². The predicted molar refractivity (Wildman–Crippen MR) is 123 cm³/mol. The van der Waals surface area contributed by atoms with Gasteiger partial charge in [0.1, 0.15) is 5.82 Å². The van der Waals surface area contributed by atoms with Crippen LogP contribution >= 0.6 is 0 Å². The van der Waals surface area contributed by atoms with Gasteiger partial charge in [0.25, 0.3) is 5.91 Å². The Balaban J connectivity index is 1.38. The first-order chi connectivity index (χ1) is 16.1. The van der Waals surface area contributed by atoms with E-state index in [0.29, 0.717) is 18.5 Å². The normalized spacial score (nSPS) is 15.7. The van der Waals surface area contributed by atoms with Gasteiger partial charge in [-0.1, -0.05) is 18.2 Å². The maximum absolute atomic E-state index is 13.5. The first kappa shape index (κ1) is 21.0. The molecule has 1 saturated heterocycles. The minimum Gasteiger partial charge on any atom is -0.332 e. The van der Waals surface area contributed by atoms with E-state index in [1.165, 1.54) is 12.1 Å². The second kappa shape index (κ2) is 8.94. The molecule has 1 atom stereocenters. The third kappa shape index (κ3) is 4.39. The zero-order valence-corrected chi connectivity index (χ0v) is 18.4. The SMILES string of the molecule is Cn1cncc1-c1cccc([C@H]2CCCN2C(=O)c2ccnc(Cc3cccc(F)c3)c2)n1. The minimum absolute atomic E-state index is 0.0341. The minimum atomic E-state index is -0.277. The Morgan fingerprint density at radius 3 is 2.85 bits per heavy atom. The van der Waals surface area contributed by atoms with E-state index in [9.17, 15) is 9.18 Å². The number of aromatic nitrogens is 4. The highest BCUT2D eigenvalue weighted by Crippen LogP contribution is 2.33. The van der Waals surface area contributed by atoms with E-state index in [1.807, 2.05) is 46.8 Å². The molecule has 1 aromatic carbocycles. The molecule has 4 aromatic rings. The van der Waals surface area contributed by atoms with Gasteiger partial charge < -0.3 is 9.47 Å². The van der Waals surface area contributed by atoms with Crippen molar-refractivity contribution in [2.24, 2.45) is 7.05 Å². The number of aryl methyl sites for hydroxylation is 1. The van der Waals surface area contributed by atoms with E-state index in [4.69, 9.17) is 4.98 Å². The molecule has 0 aliphatic carbocycles. The largest absolute Gasteiger partial charge is 0.332 e. The van der Waals surface area contributed by atoms with Gasteiger partial charge in [-0.05, 0) is 54.8 Å². The quantitative estimate of drug-likeness (QED) is 0.455. The summed E-state index contributed by atoms with van der Waals surface area (Å²) in [4.78, 5) is 28.8. The summed E-state index contributed by atoms with van der Waals surface area (Å²) in [5.74, 6) is -0.311. The zero-order chi connectivity index (χ0) is 22.8. The Morgan fingerprint density at radius 2 is 2.03 bits per heavy atom. The average molecular weight is 442 g/mol. The number of rotatable bonds is 5. The third-order valence-corrected chi connectivity index (χ3v) is 6.04. The standard InChI is InChI=1S/C26H24FN5O/c1-31-17-28-16-25(31)23-8-3-7-22(30-23)24-9-4-12-32(24)26(33)19-10-11-29-21(15-19)14-18-5-2-6-20(27)13-18/h2-3,5-8,10-11,13,15-17,24H,4,9,12,14H2,1H3/t24-/m1/s1. The van der Waals surface area contributed by atoms with Crippen LogP contribution in [0.3, 0.4) is 0 Å². The molecule has 0 radical (unpaired) electrons. The highest BCUT2D eigenvalue weighted by molar-refractivity contribution is 5.94. The van der Waals surface area contributed by atoms with E-state index in [1.54, 1.807) is 30.9 Å². The summed E-state index contributed by atoms with van der Waals surface area (Å²) < 4.78 is 15.5. The van der Waals surface area contributed by atoms with Gasteiger partial charge in [0, 0.05) is 37.5 Å². The lowest BCUT2D eigenvalue weighted by Crippen LogP contribution is -2.31. The molecule has 33 heavy (non-hydrogen) atoms. The van der Waals surface area contributed by atoms with Gasteiger partial charge in [0.15, 0.2) is 0 Å². The number of halogens is 1. The van der Waals surface area contributed by atoms with E-state index in [-0.39, 0.29) is 17.8 Å². The molecule has 1 aliphatic rings. The number of pyridine rings is 2. The van der Waals surface area contributed by atoms with Crippen molar-refractivity contribution in [2.75, 3.05) is 6.54 Å². The fourth-order valence-electron chi connectivity index (χ4n) is 4.43. The molecule has 5 rings (SSSR count). The van der Waals surface area contributed by atoms with Crippen molar-refractivity contribution in [1.82, 2.24) is 24.4 Å². The van der Waals surface area contributed by atoms with Gasteiger partial charge in [0.2, 0.25) is 0 Å². The summed E-state index contributed by atoms with van der Waals surface area (Å²) in [5, 5.41) is 0. The van der Waals surface area contributed by atoms with Gasteiger partial charge in [-0.3, -0.25) is 9.78 Å². The second-order valence-electron chi connectivity index (χ2n) is 8.34. The Hall–Kier alpha value is -3.87. The fraction of sp³-hybridized carbons (Fsp3) is 0.231. The topological polar surface area (TPSA) is 63.9 Å². The summed E-state index contributed by atoms with van der Waals surface area (Å²) in [6, 6.07) is 15.9. The van der Waals surface area contributed by atoms with Crippen molar-refractivity contribution in [3.8, 4) is 11.4 Å². The van der Waals surface area contributed by atoms with E-state index < -0.39 is 0 Å². The van der Waals surface area contributed by atoms with Crippen molar-refractivity contribution in [2.45, 2.75) is 25.3 Å². The lowest BCUT2D eigenvalue weighted by molar-refractivity contribution is 0.0732. The molecular formula is C26H24FN5O. The molecule has 1 fully saturated rings. The van der Waals surface area contributed by atoms with Crippen LogP contribution in [0.1, 0.15) is 46.2 Å². The van der Waals surface area contributed by atoms with Crippen molar-refractivity contribution < 1.29 is 9.18 Å². The monoisotopic (exact) mass is 441 g/mol. The summed E-state index contributed by atoms with van der Waals surface area (Å²) >= 11 is 0. The van der Waals surface area contributed by atoms with Crippen molar-refractivity contribution in [1.29, 1.82) is 0 Å².